The zero-order valence-corrected chi connectivity index (χ0v) is 14.9. The van der Waals surface area contributed by atoms with Crippen molar-refractivity contribution < 1.29 is 13.2 Å². The average Bonchev–Trinajstić information content (AvgIpc) is 2.82. The van der Waals surface area contributed by atoms with Gasteiger partial charge in [-0.3, -0.25) is 0 Å². The van der Waals surface area contributed by atoms with E-state index in [0.717, 1.165) is 19.3 Å². The van der Waals surface area contributed by atoms with Crippen LogP contribution in [0.3, 0.4) is 0 Å². The van der Waals surface area contributed by atoms with Gasteiger partial charge in [0.25, 0.3) is 0 Å². The van der Waals surface area contributed by atoms with E-state index in [1.807, 2.05) is 13.8 Å². The Balaban J connectivity index is 2.56. The van der Waals surface area contributed by atoms with Crippen LogP contribution in [0.4, 0.5) is 5.69 Å². The second kappa shape index (κ2) is 6.14. The lowest BCUT2D eigenvalue weighted by Crippen LogP contribution is -2.39. The first-order valence-electron chi connectivity index (χ1n) is 6.99. The molecular weight excluding hydrogens is 356 g/mol. The fraction of sp³-hybridized carbons (Fsp3) is 0.571. The second-order valence-electron chi connectivity index (χ2n) is 5.35. The maximum absolute atomic E-state index is 13.0. The molecular formula is C14H21BrN2O3S. The van der Waals surface area contributed by atoms with Gasteiger partial charge in [-0.05, 0) is 54.2 Å². The molecule has 0 bridgehead atoms. The summed E-state index contributed by atoms with van der Waals surface area (Å²) in [5.74, 6) is 0.310. The summed E-state index contributed by atoms with van der Waals surface area (Å²) in [5, 5.41) is 0. The molecule has 1 aliphatic rings. The highest BCUT2D eigenvalue weighted by atomic mass is 79.9. The summed E-state index contributed by atoms with van der Waals surface area (Å²) in [6, 6.07) is 3.11. The molecule has 2 rings (SSSR count). The molecule has 2 unspecified atom stereocenters. The molecule has 7 heteroatoms. The summed E-state index contributed by atoms with van der Waals surface area (Å²) < 4.78 is 33.5. The van der Waals surface area contributed by atoms with E-state index in [2.05, 4.69) is 15.9 Å². The van der Waals surface area contributed by atoms with E-state index >= 15 is 0 Å². The van der Waals surface area contributed by atoms with E-state index in [0.29, 0.717) is 15.9 Å². The maximum Gasteiger partial charge on any atom is 0.247 e. The standard InChI is InChI=1S/C14H21BrN2O3S/c1-4-10-6-5-9(2)17(10)21(18,19)14-8-12(16)11(15)7-13(14)20-3/h7-10H,4-6,16H2,1-3H3. The molecule has 1 aromatic rings. The number of rotatable bonds is 4. The fourth-order valence-electron chi connectivity index (χ4n) is 2.89. The Bertz CT molecular complexity index is 633. The molecule has 0 aromatic heterocycles. The number of hydrogen-bond donors (Lipinski definition) is 1. The highest BCUT2D eigenvalue weighted by molar-refractivity contribution is 9.10. The minimum absolute atomic E-state index is 0.00507. The van der Waals surface area contributed by atoms with Crippen molar-refractivity contribution in [1.29, 1.82) is 0 Å². The quantitative estimate of drug-likeness (QED) is 0.819. The molecule has 2 atom stereocenters. The molecule has 0 aliphatic carbocycles. The van der Waals surface area contributed by atoms with Crippen molar-refractivity contribution in [3.05, 3.63) is 16.6 Å². The predicted octanol–water partition coefficient (Wildman–Crippen LogP) is 2.99. The van der Waals surface area contributed by atoms with E-state index in [-0.39, 0.29) is 17.0 Å². The van der Waals surface area contributed by atoms with Crippen molar-refractivity contribution in [2.24, 2.45) is 0 Å². The van der Waals surface area contributed by atoms with Gasteiger partial charge in [-0.1, -0.05) is 6.92 Å². The highest BCUT2D eigenvalue weighted by Gasteiger charge is 2.40. The molecule has 1 aliphatic heterocycles. The second-order valence-corrected chi connectivity index (χ2v) is 8.01. The summed E-state index contributed by atoms with van der Waals surface area (Å²) in [6.45, 7) is 3.96. The van der Waals surface area contributed by atoms with Crippen LogP contribution in [0.15, 0.2) is 21.5 Å². The first-order chi connectivity index (χ1) is 9.82. The Labute approximate surface area is 134 Å². The van der Waals surface area contributed by atoms with Crippen molar-refractivity contribution in [1.82, 2.24) is 4.31 Å². The van der Waals surface area contributed by atoms with Gasteiger partial charge >= 0.3 is 0 Å². The Morgan fingerprint density at radius 1 is 1.43 bits per heavy atom. The lowest BCUT2D eigenvalue weighted by molar-refractivity contribution is 0.325. The van der Waals surface area contributed by atoms with Crippen LogP contribution in [-0.2, 0) is 10.0 Å². The van der Waals surface area contributed by atoms with Crippen LogP contribution in [0.1, 0.15) is 33.1 Å². The van der Waals surface area contributed by atoms with Crippen LogP contribution in [0.25, 0.3) is 0 Å². The molecule has 1 fully saturated rings. The molecule has 21 heavy (non-hydrogen) atoms. The van der Waals surface area contributed by atoms with Gasteiger partial charge in [0.15, 0.2) is 0 Å². The third kappa shape index (κ3) is 2.91. The van der Waals surface area contributed by atoms with Crippen LogP contribution >= 0.6 is 15.9 Å². The van der Waals surface area contributed by atoms with Gasteiger partial charge in [-0.2, -0.15) is 4.31 Å². The minimum atomic E-state index is -3.62. The number of methoxy groups -OCH3 is 1. The van der Waals surface area contributed by atoms with Crippen molar-refractivity contribution in [2.45, 2.75) is 50.1 Å². The summed E-state index contributed by atoms with van der Waals surface area (Å²) >= 11 is 3.30. The van der Waals surface area contributed by atoms with E-state index in [1.54, 1.807) is 10.4 Å². The normalized spacial score (nSPS) is 23.4. The predicted molar refractivity (Wildman–Crippen MR) is 86.9 cm³/mol. The third-order valence-electron chi connectivity index (χ3n) is 4.02. The molecule has 1 heterocycles. The van der Waals surface area contributed by atoms with Crippen LogP contribution in [0.5, 0.6) is 5.75 Å². The molecule has 1 saturated heterocycles. The van der Waals surface area contributed by atoms with Gasteiger partial charge in [-0.25, -0.2) is 8.42 Å². The SMILES string of the molecule is CCC1CCC(C)N1S(=O)(=O)c1cc(N)c(Br)cc1OC. The Morgan fingerprint density at radius 2 is 2.10 bits per heavy atom. The van der Waals surface area contributed by atoms with Crippen molar-refractivity contribution >= 4 is 31.6 Å². The van der Waals surface area contributed by atoms with Crippen LogP contribution in [0.2, 0.25) is 0 Å². The van der Waals surface area contributed by atoms with E-state index < -0.39 is 10.0 Å². The first kappa shape index (κ1) is 16.6. The number of hydrogen-bond acceptors (Lipinski definition) is 4. The van der Waals surface area contributed by atoms with Crippen LogP contribution < -0.4 is 10.5 Å². The number of nitrogens with zero attached hydrogens (tertiary/aromatic N) is 1. The molecule has 118 valence electrons. The number of halogens is 1. The highest BCUT2D eigenvalue weighted by Crippen LogP contribution is 2.38. The molecule has 0 radical (unpaired) electrons. The van der Waals surface area contributed by atoms with Gasteiger partial charge in [0.2, 0.25) is 10.0 Å². The number of nitrogen functional groups attached to an aromatic ring is 1. The number of anilines is 1. The molecule has 1 aromatic carbocycles. The largest absolute Gasteiger partial charge is 0.495 e. The Kier molecular flexibility index (Phi) is 4.85. The topological polar surface area (TPSA) is 72.6 Å². The zero-order chi connectivity index (χ0) is 15.8. The van der Waals surface area contributed by atoms with E-state index in [4.69, 9.17) is 10.5 Å². The zero-order valence-electron chi connectivity index (χ0n) is 12.5. The third-order valence-corrected chi connectivity index (χ3v) is 6.80. The number of benzene rings is 1. The molecule has 0 spiro atoms. The van der Waals surface area contributed by atoms with E-state index in [9.17, 15) is 8.42 Å². The maximum atomic E-state index is 13.0. The summed E-state index contributed by atoms with van der Waals surface area (Å²) in [7, 11) is -2.16. The van der Waals surface area contributed by atoms with E-state index in [1.165, 1.54) is 13.2 Å². The minimum Gasteiger partial charge on any atom is -0.495 e. The van der Waals surface area contributed by atoms with Gasteiger partial charge in [-0.15, -0.1) is 0 Å². The van der Waals surface area contributed by atoms with Crippen molar-refractivity contribution in [2.75, 3.05) is 12.8 Å². The Morgan fingerprint density at radius 3 is 2.67 bits per heavy atom. The number of ether oxygens (including phenoxy) is 1. The number of sulfonamides is 1. The van der Waals surface area contributed by atoms with Gasteiger partial charge in [0, 0.05) is 22.2 Å². The molecule has 2 N–H and O–H groups in total. The first-order valence-corrected chi connectivity index (χ1v) is 9.22. The molecule has 0 saturated carbocycles. The molecule has 5 nitrogen and oxygen atoms in total. The Hall–Kier alpha value is -0.790. The lowest BCUT2D eigenvalue weighted by atomic mass is 10.2. The monoisotopic (exact) mass is 376 g/mol. The lowest BCUT2D eigenvalue weighted by Gasteiger charge is -2.27. The van der Waals surface area contributed by atoms with Crippen molar-refractivity contribution in [3.63, 3.8) is 0 Å². The van der Waals surface area contributed by atoms with Crippen molar-refractivity contribution in [3.8, 4) is 5.75 Å². The van der Waals surface area contributed by atoms with Gasteiger partial charge in [0.1, 0.15) is 10.6 Å². The number of nitrogens with two attached hydrogens (primary N) is 1. The van der Waals surface area contributed by atoms with Gasteiger partial charge in [0.05, 0.1) is 7.11 Å². The van der Waals surface area contributed by atoms with Gasteiger partial charge < -0.3 is 10.5 Å². The summed E-state index contributed by atoms with van der Waals surface area (Å²) in [6.07, 6.45) is 2.58. The average molecular weight is 377 g/mol. The van der Waals surface area contributed by atoms with Crippen LogP contribution in [-0.4, -0.2) is 31.9 Å². The summed E-state index contributed by atoms with van der Waals surface area (Å²) in [4.78, 5) is 0.137. The van der Waals surface area contributed by atoms with Crippen LogP contribution in [0, 0.1) is 0 Å². The fourth-order valence-corrected chi connectivity index (χ4v) is 5.34. The smallest absolute Gasteiger partial charge is 0.247 e. The summed E-state index contributed by atoms with van der Waals surface area (Å²) in [5.41, 5.74) is 6.24. The molecule has 0 amide bonds.